The maximum absolute atomic E-state index is 12.6. The molecule has 0 saturated carbocycles. The number of methoxy groups -OCH3 is 2. The molecule has 0 radical (unpaired) electrons. The van der Waals surface area contributed by atoms with Crippen molar-refractivity contribution in [2.45, 2.75) is 18.4 Å². The molecule has 1 aliphatic carbocycles. The first kappa shape index (κ1) is 18.7. The fourth-order valence-corrected chi connectivity index (χ4v) is 3.34. The molecule has 0 spiro atoms. The second-order valence-electron chi connectivity index (χ2n) is 6.51. The highest BCUT2D eigenvalue weighted by Gasteiger charge is 2.36. The number of aliphatic hydroxyl groups is 1. The Morgan fingerprint density at radius 1 is 1.19 bits per heavy atom. The molecule has 1 aliphatic rings. The summed E-state index contributed by atoms with van der Waals surface area (Å²) in [5, 5.41) is 24.7. The van der Waals surface area contributed by atoms with Gasteiger partial charge in [0.2, 0.25) is 0 Å². The number of benzene rings is 2. The third-order valence-electron chi connectivity index (χ3n) is 4.68. The normalized spacial score (nSPS) is 14.3. The van der Waals surface area contributed by atoms with Gasteiger partial charge in [-0.05, 0) is 11.1 Å². The summed E-state index contributed by atoms with van der Waals surface area (Å²) in [6.45, 7) is -0.0218. The van der Waals surface area contributed by atoms with Crippen molar-refractivity contribution < 1.29 is 24.3 Å². The lowest BCUT2D eigenvalue weighted by molar-refractivity contribution is -0.385. The molecule has 2 aromatic rings. The quantitative estimate of drug-likeness (QED) is 0.592. The summed E-state index contributed by atoms with van der Waals surface area (Å²) in [7, 11) is 2.73. The van der Waals surface area contributed by atoms with Gasteiger partial charge in [-0.3, -0.25) is 14.9 Å². The van der Waals surface area contributed by atoms with E-state index in [2.05, 4.69) is 5.32 Å². The minimum absolute atomic E-state index is 0.0218. The number of hydrogen-bond donors (Lipinski definition) is 2. The fourth-order valence-electron chi connectivity index (χ4n) is 3.34. The summed E-state index contributed by atoms with van der Waals surface area (Å²) in [5.74, 6) is -0.294. The number of hydrogen-bond acceptors (Lipinski definition) is 6. The minimum Gasteiger partial charge on any atom is -0.493 e. The Morgan fingerprint density at radius 2 is 1.74 bits per heavy atom. The van der Waals surface area contributed by atoms with Crippen LogP contribution in [0.1, 0.15) is 21.5 Å². The van der Waals surface area contributed by atoms with Gasteiger partial charge in [0.25, 0.3) is 11.6 Å². The molecule has 8 heteroatoms. The van der Waals surface area contributed by atoms with Crippen LogP contribution < -0.4 is 14.8 Å². The molecule has 0 fully saturated rings. The first-order chi connectivity index (χ1) is 12.9. The Balaban J connectivity index is 1.79. The van der Waals surface area contributed by atoms with E-state index in [0.717, 1.165) is 17.2 Å². The molecule has 8 nitrogen and oxygen atoms in total. The lowest BCUT2D eigenvalue weighted by Gasteiger charge is -2.22. The van der Waals surface area contributed by atoms with Gasteiger partial charge in [-0.25, -0.2) is 0 Å². The van der Waals surface area contributed by atoms with Crippen molar-refractivity contribution in [2.24, 2.45) is 0 Å². The molecule has 0 bridgehead atoms. The number of nitrogens with one attached hydrogen (secondary N) is 1. The molecule has 0 atom stereocenters. The number of rotatable bonds is 6. The number of carbonyl (C=O) groups is 1. The molecule has 3 rings (SSSR count). The van der Waals surface area contributed by atoms with Gasteiger partial charge in [0.05, 0.1) is 30.8 Å². The van der Waals surface area contributed by atoms with Gasteiger partial charge in [0.1, 0.15) is 5.56 Å². The number of ether oxygens (including phenoxy) is 2. The van der Waals surface area contributed by atoms with Crippen LogP contribution in [0.3, 0.4) is 0 Å². The van der Waals surface area contributed by atoms with Crippen molar-refractivity contribution >= 4 is 11.6 Å². The summed E-state index contributed by atoms with van der Waals surface area (Å²) in [5.41, 5.74) is 0.395. The van der Waals surface area contributed by atoms with E-state index in [1.165, 1.54) is 20.3 Å². The molecule has 0 heterocycles. The Morgan fingerprint density at radius 3 is 2.26 bits per heavy atom. The predicted octanol–water partition coefficient (Wildman–Crippen LogP) is 1.87. The van der Waals surface area contributed by atoms with Crippen LogP contribution in [0.2, 0.25) is 0 Å². The molecular formula is C19H20N2O6. The monoisotopic (exact) mass is 372 g/mol. The zero-order chi connectivity index (χ0) is 19.6. The van der Waals surface area contributed by atoms with Gasteiger partial charge >= 0.3 is 0 Å². The molecule has 27 heavy (non-hydrogen) atoms. The average molecular weight is 372 g/mol. The van der Waals surface area contributed by atoms with Gasteiger partial charge in [-0.15, -0.1) is 0 Å². The lowest BCUT2D eigenvalue weighted by Crippen LogP contribution is -2.43. The number of nitro groups is 1. The molecule has 2 N–H and O–H groups in total. The first-order valence-electron chi connectivity index (χ1n) is 8.34. The van der Waals surface area contributed by atoms with Crippen LogP contribution in [0.5, 0.6) is 11.5 Å². The van der Waals surface area contributed by atoms with E-state index in [1.54, 1.807) is 0 Å². The van der Waals surface area contributed by atoms with E-state index in [0.29, 0.717) is 12.8 Å². The van der Waals surface area contributed by atoms with E-state index in [9.17, 15) is 20.0 Å². The van der Waals surface area contributed by atoms with Crippen molar-refractivity contribution in [1.29, 1.82) is 0 Å². The zero-order valence-corrected chi connectivity index (χ0v) is 15.0. The summed E-state index contributed by atoms with van der Waals surface area (Å²) < 4.78 is 10.2. The van der Waals surface area contributed by atoms with E-state index in [1.807, 2.05) is 24.3 Å². The highest BCUT2D eigenvalue weighted by Crippen LogP contribution is 2.35. The van der Waals surface area contributed by atoms with Crippen LogP contribution in [-0.4, -0.2) is 42.3 Å². The highest BCUT2D eigenvalue weighted by atomic mass is 16.6. The van der Waals surface area contributed by atoms with Crippen molar-refractivity contribution in [3.8, 4) is 11.5 Å². The number of nitro benzene ring substituents is 1. The summed E-state index contributed by atoms with van der Waals surface area (Å²) in [6, 6.07) is 10.1. The van der Waals surface area contributed by atoms with Crippen LogP contribution >= 0.6 is 0 Å². The smallest absolute Gasteiger partial charge is 0.286 e. The SMILES string of the molecule is COc1cc(C(=O)NCC2(O)Cc3ccccc3C2)c([N+](=O)[O-])cc1OC. The molecule has 0 aromatic heterocycles. The van der Waals surface area contributed by atoms with E-state index >= 15 is 0 Å². The Labute approximate surface area is 155 Å². The molecule has 142 valence electrons. The van der Waals surface area contributed by atoms with Gasteiger partial charge in [0.15, 0.2) is 11.5 Å². The number of amides is 1. The second kappa shape index (κ2) is 7.24. The van der Waals surface area contributed by atoms with E-state index in [4.69, 9.17) is 9.47 Å². The van der Waals surface area contributed by atoms with Gasteiger partial charge in [-0.2, -0.15) is 0 Å². The molecular weight excluding hydrogens is 352 g/mol. The summed E-state index contributed by atoms with van der Waals surface area (Å²) in [4.78, 5) is 23.3. The molecule has 2 aromatic carbocycles. The highest BCUT2D eigenvalue weighted by molar-refractivity contribution is 5.99. The number of nitrogens with zero attached hydrogens (tertiary/aromatic N) is 1. The average Bonchev–Trinajstić information content (AvgIpc) is 3.01. The zero-order valence-electron chi connectivity index (χ0n) is 15.0. The van der Waals surface area contributed by atoms with Crippen molar-refractivity contribution in [1.82, 2.24) is 5.32 Å². The number of carbonyl (C=O) groups excluding carboxylic acids is 1. The second-order valence-corrected chi connectivity index (χ2v) is 6.51. The predicted molar refractivity (Wildman–Crippen MR) is 97.3 cm³/mol. The lowest BCUT2D eigenvalue weighted by atomic mass is 10.0. The third-order valence-corrected chi connectivity index (χ3v) is 4.68. The standard InChI is InChI=1S/C19H20N2O6/c1-26-16-7-14(15(21(24)25)8-17(16)27-2)18(22)20-11-19(23)9-12-5-3-4-6-13(12)10-19/h3-8,23H,9-11H2,1-2H3,(H,20,22). The van der Waals surface area contributed by atoms with Gasteiger partial charge in [-0.1, -0.05) is 24.3 Å². The minimum atomic E-state index is -1.12. The van der Waals surface area contributed by atoms with Crippen molar-refractivity contribution in [3.63, 3.8) is 0 Å². The van der Waals surface area contributed by atoms with Crippen LogP contribution in [0.4, 0.5) is 5.69 Å². The van der Waals surface area contributed by atoms with Gasteiger partial charge < -0.3 is 19.9 Å². The van der Waals surface area contributed by atoms with Gasteiger partial charge in [0, 0.05) is 25.5 Å². The number of fused-ring (bicyclic) bond motifs is 1. The molecule has 1 amide bonds. The Hall–Kier alpha value is -3.13. The van der Waals surface area contributed by atoms with E-state index in [-0.39, 0.29) is 23.6 Å². The van der Waals surface area contributed by atoms with Crippen molar-refractivity contribution in [2.75, 3.05) is 20.8 Å². The molecule has 0 aliphatic heterocycles. The topological polar surface area (TPSA) is 111 Å². The summed E-state index contributed by atoms with van der Waals surface area (Å²) >= 11 is 0. The maximum Gasteiger partial charge on any atom is 0.286 e. The van der Waals surface area contributed by atoms with Crippen molar-refractivity contribution in [3.05, 3.63) is 63.2 Å². The fraction of sp³-hybridized carbons (Fsp3) is 0.316. The Bertz CT molecular complexity index is 871. The maximum atomic E-state index is 12.6. The van der Waals surface area contributed by atoms with Crippen LogP contribution in [0.25, 0.3) is 0 Å². The van der Waals surface area contributed by atoms with Crippen LogP contribution in [-0.2, 0) is 12.8 Å². The van der Waals surface area contributed by atoms with Crippen LogP contribution in [0, 0.1) is 10.1 Å². The molecule has 0 unspecified atom stereocenters. The Kier molecular flexibility index (Phi) is 5.00. The summed E-state index contributed by atoms with van der Waals surface area (Å²) in [6.07, 6.45) is 0.828. The molecule has 0 saturated heterocycles. The van der Waals surface area contributed by atoms with E-state index < -0.39 is 22.1 Å². The van der Waals surface area contributed by atoms with Crippen LogP contribution in [0.15, 0.2) is 36.4 Å². The third kappa shape index (κ3) is 3.70. The first-order valence-corrected chi connectivity index (χ1v) is 8.34. The largest absolute Gasteiger partial charge is 0.493 e.